The van der Waals surface area contributed by atoms with Crippen molar-refractivity contribution < 1.29 is 4.74 Å². The Kier molecular flexibility index (Phi) is 4.23. The van der Waals surface area contributed by atoms with E-state index in [4.69, 9.17) is 4.74 Å². The van der Waals surface area contributed by atoms with Gasteiger partial charge in [-0.2, -0.15) is 0 Å². The fourth-order valence-corrected chi connectivity index (χ4v) is 2.34. The lowest BCUT2D eigenvalue weighted by Gasteiger charge is -2.13. The molecule has 0 aliphatic rings. The average molecular weight is 255 g/mol. The van der Waals surface area contributed by atoms with Gasteiger partial charge in [-0.25, -0.2) is 0 Å². The molecule has 1 N–H and O–H groups in total. The smallest absolute Gasteiger partial charge is 0.123 e. The minimum atomic E-state index is 0.807. The third-order valence-corrected chi connectivity index (χ3v) is 3.56. The molecule has 0 aliphatic carbocycles. The van der Waals surface area contributed by atoms with Gasteiger partial charge in [-0.3, -0.25) is 0 Å². The zero-order chi connectivity index (χ0) is 13.8. The van der Waals surface area contributed by atoms with E-state index in [2.05, 4.69) is 49.5 Å². The zero-order valence-corrected chi connectivity index (χ0v) is 12.1. The number of aryl methyl sites for hydroxylation is 1. The molecule has 0 radical (unpaired) electrons. The van der Waals surface area contributed by atoms with Crippen LogP contribution in [0.4, 0.5) is 0 Å². The normalized spacial score (nSPS) is 10.5. The molecule has 0 spiro atoms. The maximum absolute atomic E-state index is 5.40. The number of rotatable bonds is 4. The molecule has 0 aromatic heterocycles. The van der Waals surface area contributed by atoms with Crippen LogP contribution in [0.5, 0.6) is 5.75 Å². The molecule has 0 unspecified atom stereocenters. The Morgan fingerprint density at radius 3 is 2.58 bits per heavy atom. The van der Waals surface area contributed by atoms with Crippen LogP contribution in [0.25, 0.3) is 11.1 Å². The molecule has 2 rings (SSSR count). The Bertz CT molecular complexity index is 575. The second kappa shape index (κ2) is 5.89. The second-order valence-corrected chi connectivity index (χ2v) is 4.80. The third kappa shape index (κ3) is 2.79. The second-order valence-electron chi connectivity index (χ2n) is 4.80. The molecule has 2 nitrogen and oxygen atoms in total. The van der Waals surface area contributed by atoms with E-state index in [0.717, 1.165) is 12.3 Å². The monoisotopic (exact) mass is 255 g/mol. The maximum atomic E-state index is 5.40. The largest absolute Gasteiger partial charge is 0.496 e. The fourth-order valence-electron chi connectivity index (χ4n) is 2.34. The minimum Gasteiger partial charge on any atom is -0.496 e. The van der Waals surface area contributed by atoms with Crippen molar-refractivity contribution in [1.82, 2.24) is 5.32 Å². The van der Waals surface area contributed by atoms with Crippen molar-refractivity contribution in [3.05, 3.63) is 53.1 Å². The molecule has 0 amide bonds. The SMILES string of the molecule is CNCc1cc(-c2cccc(C)c2C)ccc1OC. The van der Waals surface area contributed by atoms with Crippen molar-refractivity contribution in [2.45, 2.75) is 20.4 Å². The Balaban J connectivity index is 2.51. The van der Waals surface area contributed by atoms with E-state index in [1.165, 1.54) is 27.8 Å². The van der Waals surface area contributed by atoms with Gasteiger partial charge in [0.2, 0.25) is 0 Å². The molecule has 0 saturated carbocycles. The van der Waals surface area contributed by atoms with Crippen LogP contribution in [0, 0.1) is 13.8 Å². The molecule has 2 heteroatoms. The first kappa shape index (κ1) is 13.6. The molecule has 2 aromatic carbocycles. The van der Waals surface area contributed by atoms with Crippen LogP contribution in [0.15, 0.2) is 36.4 Å². The number of benzene rings is 2. The lowest BCUT2D eigenvalue weighted by atomic mass is 9.95. The van der Waals surface area contributed by atoms with Gasteiger partial charge in [0, 0.05) is 12.1 Å². The Labute approximate surface area is 115 Å². The first-order valence-electron chi connectivity index (χ1n) is 6.55. The molecular weight excluding hydrogens is 234 g/mol. The van der Waals surface area contributed by atoms with E-state index in [1.807, 2.05) is 13.1 Å². The highest BCUT2D eigenvalue weighted by Crippen LogP contribution is 2.29. The maximum Gasteiger partial charge on any atom is 0.123 e. The van der Waals surface area contributed by atoms with Crippen LogP contribution in [0.1, 0.15) is 16.7 Å². The quantitative estimate of drug-likeness (QED) is 0.899. The lowest BCUT2D eigenvalue weighted by molar-refractivity contribution is 0.408. The summed E-state index contributed by atoms with van der Waals surface area (Å²) in [6.45, 7) is 5.13. The summed E-state index contributed by atoms with van der Waals surface area (Å²) in [6.07, 6.45) is 0. The van der Waals surface area contributed by atoms with Crippen molar-refractivity contribution in [2.24, 2.45) is 0 Å². The molecule has 100 valence electrons. The van der Waals surface area contributed by atoms with E-state index in [-0.39, 0.29) is 0 Å². The lowest BCUT2D eigenvalue weighted by Crippen LogP contribution is -2.06. The Morgan fingerprint density at radius 1 is 1.11 bits per heavy atom. The van der Waals surface area contributed by atoms with Gasteiger partial charge in [-0.05, 0) is 55.3 Å². The number of ether oxygens (including phenoxy) is 1. The van der Waals surface area contributed by atoms with Crippen molar-refractivity contribution >= 4 is 0 Å². The molecule has 2 aromatic rings. The number of hydrogen-bond donors (Lipinski definition) is 1. The minimum absolute atomic E-state index is 0.807. The van der Waals surface area contributed by atoms with Gasteiger partial charge in [0.1, 0.15) is 5.75 Å². The molecular formula is C17H21NO. The summed E-state index contributed by atoms with van der Waals surface area (Å²) in [5.74, 6) is 0.934. The third-order valence-electron chi connectivity index (χ3n) is 3.56. The highest BCUT2D eigenvalue weighted by atomic mass is 16.5. The first-order valence-corrected chi connectivity index (χ1v) is 6.55. The van der Waals surface area contributed by atoms with Gasteiger partial charge in [0.25, 0.3) is 0 Å². The number of hydrogen-bond acceptors (Lipinski definition) is 2. The summed E-state index contributed by atoms with van der Waals surface area (Å²) in [5.41, 5.74) is 6.38. The van der Waals surface area contributed by atoms with E-state index in [9.17, 15) is 0 Å². The van der Waals surface area contributed by atoms with Crippen molar-refractivity contribution in [1.29, 1.82) is 0 Å². The molecule has 0 bridgehead atoms. The van der Waals surface area contributed by atoms with Gasteiger partial charge in [-0.15, -0.1) is 0 Å². The van der Waals surface area contributed by atoms with Gasteiger partial charge in [0.05, 0.1) is 7.11 Å². The summed E-state index contributed by atoms with van der Waals surface area (Å²) in [5, 5.41) is 3.18. The molecule has 0 atom stereocenters. The zero-order valence-electron chi connectivity index (χ0n) is 12.1. The van der Waals surface area contributed by atoms with Gasteiger partial charge >= 0.3 is 0 Å². The van der Waals surface area contributed by atoms with Crippen molar-refractivity contribution in [3.63, 3.8) is 0 Å². The molecule has 0 fully saturated rings. The van der Waals surface area contributed by atoms with Crippen LogP contribution >= 0.6 is 0 Å². The standard InChI is InChI=1S/C17H21NO/c1-12-6-5-7-16(13(12)2)14-8-9-17(19-4)15(10-14)11-18-3/h5-10,18H,11H2,1-4H3. The highest BCUT2D eigenvalue weighted by molar-refractivity contribution is 5.70. The van der Waals surface area contributed by atoms with Gasteiger partial charge < -0.3 is 10.1 Å². The van der Waals surface area contributed by atoms with Crippen LogP contribution < -0.4 is 10.1 Å². The van der Waals surface area contributed by atoms with E-state index < -0.39 is 0 Å². The van der Waals surface area contributed by atoms with E-state index in [0.29, 0.717) is 0 Å². The number of methoxy groups -OCH3 is 1. The van der Waals surface area contributed by atoms with Crippen molar-refractivity contribution in [3.8, 4) is 16.9 Å². The predicted molar refractivity (Wildman–Crippen MR) is 80.7 cm³/mol. The van der Waals surface area contributed by atoms with Crippen LogP contribution in [0.3, 0.4) is 0 Å². The molecule has 0 heterocycles. The fraction of sp³-hybridized carbons (Fsp3) is 0.294. The van der Waals surface area contributed by atoms with Crippen molar-refractivity contribution in [2.75, 3.05) is 14.2 Å². The summed E-state index contributed by atoms with van der Waals surface area (Å²) < 4.78 is 5.40. The Morgan fingerprint density at radius 2 is 1.89 bits per heavy atom. The van der Waals surface area contributed by atoms with Crippen LogP contribution in [-0.4, -0.2) is 14.2 Å². The first-order chi connectivity index (χ1) is 9.17. The van der Waals surface area contributed by atoms with Crippen LogP contribution in [-0.2, 0) is 6.54 Å². The topological polar surface area (TPSA) is 21.3 Å². The average Bonchev–Trinajstić information content (AvgIpc) is 2.42. The Hall–Kier alpha value is -1.80. The predicted octanol–water partition coefficient (Wildman–Crippen LogP) is 3.70. The summed E-state index contributed by atoms with van der Waals surface area (Å²) >= 11 is 0. The number of nitrogens with one attached hydrogen (secondary N) is 1. The summed E-state index contributed by atoms with van der Waals surface area (Å²) in [6, 6.07) is 12.8. The molecule has 0 aliphatic heterocycles. The van der Waals surface area contributed by atoms with Gasteiger partial charge in [-0.1, -0.05) is 24.3 Å². The van der Waals surface area contributed by atoms with E-state index in [1.54, 1.807) is 7.11 Å². The van der Waals surface area contributed by atoms with Crippen LogP contribution in [0.2, 0.25) is 0 Å². The summed E-state index contributed by atoms with van der Waals surface area (Å²) in [4.78, 5) is 0. The van der Waals surface area contributed by atoms with Gasteiger partial charge in [0.15, 0.2) is 0 Å². The molecule has 0 saturated heterocycles. The summed E-state index contributed by atoms with van der Waals surface area (Å²) in [7, 11) is 3.66. The van der Waals surface area contributed by atoms with E-state index >= 15 is 0 Å². The molecule has 19 heavy (non-hydrogen) atoms. The highest BCUT2D eigenvalue weighted by Gasteiger charge is 2.08.